The molecule has 0 spiro atoms. The van der Waals surface area contributed by atoms with Crippen molar-refractivity contribution in [1.82, 2.24) is 14.9 Å². The topological polar surface area (TPSA) is 78.1 Å². The maximum atomic E-state index is 12.5. The fourth-order valence-electron chi connectivity index (χ4n) is 2.87. The number of rotatable bonds is 7. The van der Waals surface area contributed by atoms with E-state index < -0.39 is 0 Å². The molecule has 0 fully saturated rings. The Bertz CT molecular complexity index is 1050. The number of nitrogens with zero attached hydrogens (tertiary/aromatic N) is 2. The molecule has 3 aromatic rings. The van der Waals surface area contributed by atoms with Crippen molar-refractivity contribution in [1.29, 1.82) is 0 Å². The van der Waals surface area contributed by atoms with Gasteiger partial charge in [-0.3, -0.25) is 14.5 Å². The lowest BCUT2D eigenvalue weighted by Crippen LogP contribution is -2.34. The Labute approximate surface area is 172 Å². The van der Waals surface area contributed by atoms with Crippen molar-refractivity contribution in [2.75, 3.05) is 24.7 Å². The van der Waals surface area contributed by atoms with Crippen molar-refractivity contribution >= 4 is 45.9 Å². The van der Waals surface area contributed by atoms with Gasteiger partial charge in [0.05, 0.1) is 29.7 Å². The summed E-state index contributed by atoms with van der Waals surface area (Å²) in [6.07, 6.45) is 1.97. The van der Waals surface area contributed by atoms with Gasteiger partial charge in [0.15, 0.2) is 0 Å². The Kier molecular flexibility index (Phi) is 6.72. The quantitative estimate of drug-likeness (QED) is 0.573. The minimum atomic E-state index is -0.217. The SMILES string of the molecule is CCN(CC(=O)Nc1ccccc1SC)Cc1nc2cc(Cl)ccc2c(=O)[nH]1. The van der Waals surface area contributed by atoms with Crippen molar-refractivity contribution in [2.24, 2.45) is 0 Å². The minimum Gasteiger partial charge on any atom is -0.324 e. The maximum absolute atomic E-state index is 12.5. The van der Waals surface area contributed by atoms with Gasteiger partial charge in [-0.25, -0.2) is 4.98 Å². The van der Waals surface area contributed by atoms with Crippen LogP contribution in [0.4, 0.5) is 5.69 Å². The Morgan fingerprint density at radius 2 is 2.07 bits per heavy atom. The number of thioether (sulfide) groups is 1. The van der Waals surface area contributed by atoms with E-state index in [4.69, 9.17) is 11.6 Å². The van der Waals surface area contributed by atoms with Crippen LogP contribution in [0.25, 0.3) is 10.9 Å². The first kappa shape index (κ1) is 20.4. The fraction of sp³-hybridized carbons (Fsp3) is 0.250. The zero-order valence-corrected chi connectivity index (χ0v) is 17.2. The van der Waals surface area contributed by atoms with E-state index in [1.165, 1.54) is 0 Å². The Hall–Kier alpha value is -2.35. The summed E-state index contributed by atoms with van der Waals surface area (Å²) < 4.78 is 0. The molecule has 0 aliphatic rings. The second-order valence-electron chi connectivity index (χ2n) is 6.23. The number of para-hydroxylation sites is 1. The van der Waals surface area contributed by atoms with Gasteiger partial charge in [-0.2, -0.15) is 0 Å². The number of nitrogens with one attached hydrogen (secondary N) is 2. The molecule has 2 N–H and O–H groups in total. The van der Waals surface area contributed by atoms with E-state index in [2.05, 4.69) is 15.3 Å². The lowest BCUT2D eigenvalue weighted by atomic mass is 10.2. The van der Waals surface area contributed by atoms with E-state index in [-0.39, 0.29) is 18.0 Å². The molecule has 0 unspecified atom stereocenters. The van der Waals surface area contributed by atoms with E-state index in [1.54, 1.807) is 30.0 Å². The summed E-state index contributed by atoms with van der Waals surface area (Å²) >= 11 is 7.59. The van der Waals surface area contributed by atoms with Crippen molar-refractivity contribution in [3.63, 3.8) is 0 Å². The number of likely N-dealkylation sites (N-methyl/N-ethyl adjacent to an activating group) is 1. The zero-order valence-electron chi connectivity index (χ0n) is 15.7. The van der Waals surface area contributed by atoms with Gasteiger partial charge in [-0.05, 0) is 43.1 Å². The van der Waals surface area contributed by atoms with Gasteiger partial charge in [-0.15, -0.1) is 11.8 Å². The highest BCUT2D eigenvalue weighted by Crippen LogP contribution is 2.24. The highest BCUT2D eigenvalue weighted by molar-refractivity contribution is 7.98. The molecule has 2 aromatic carbocycles. The van der Waals surface area contributed by atoms with Crippen molar-refractivity contribution < 1.29 is 4.79 Å². The number of aromatic amines is 1. The van der Waals surface area contributed by atoms with Crippen molar-refractivity contribution in [2.45, 2.75) is 18.4 Å². The van der Waals surface area contributed by atoms with Crippen LogP contribution in [0.3, 0.4) is 0 Å². The number of H-pyrrole nitrogens is 1. The lowest BCUT2D eigenvalue weighted by Gasteiger charge is -2.19. The first-order chi connectivity index (χ1) is 13.5. The van der Waals surface area contributed by atoms with Gasteiger partial charge in [0.25, 0.3) is 5.56 Å². The number of aromatic nitrogens is 2. The van der Waals surface area contributed by atoms with E-state index >= 15 is 0 Å². The molecular formula is C20H21ClN4O2S. The van der Waals surface area contributed by atoms with Crippen LogP contribution in [0.5, 0.6) is 0 Å². The third-order valence-electron chi connectivity index (χ3n) is 4.29. The van der Waals surface area contributed by atoms with E-state index in [1.807, 2.05) is 42.3 Å². The monoisotopic (exact) mass is 416 g/mol. The number of hydrogen-bond acceptors (Lipinski definition) is 5. The third kappa shape index (κ3) is 4.92. The summed E-state index contributed by atoms with van der Waals surface area (Å²) in [4.78, 5) is 35.0. The fourth-order valence-corrected chi connectivity index (χ4v) is 3.59. The molecule has 28 heavy (non-hydrogen) atoms. The van der Waals surface area contributed by atoms with Crippen LogP contribution in [0, 0.1) is 0 Å². The standard InChI is InChI=1S/C20H21ClN4O2S/c1-3-25(12-19(26)23-15-6-4-5-7-17(15)28-2)11-18-22-16-10-13(21)8-9-14(16)20(27)24-18/h4-10H,3,11-12H2,1-2H3,(H,23,26)(H,22,24,27). The van der Waals surface area contributed by atoms with Crippen molar-refractivity contribution in [3.8, 4) is 0 Å². The molecule has 0 saturated carbocycles. The largest absolute Gasteiger partial charge is 0.324 e. The van der Waals surface area contributed by atoms with E-state index in [9.17, 15) is 9.59 Å². The summed E-state index contributed by atoms with van der Waals surface area (Å²) in [5, 5.41) is 3.96. The van der Waals surface area contributed by atoms with Crippen LogP contribution >= 0.6 is 23.4 Å². The molecule has 1 amide bonds. The lowest BCUT2D eigenvalue weighted by molar-refractivity contribution is -0.117. The van der Waals surface area contributed by atoms with Gasteiger partial charge in [0.2, 0.25) is 5.91 Å². The number of carbonyl (C=O) groups excluding carboxylic acids is 1. The normalized spacial score (nSPS) is 11.1. The molecular weight excluding hydrogens is 396 g/mol. The summed E-state index contributed by atoms with van der Waals surface area (Å²) in [6, 6.07) is 12.7. The number of hydrogen-bond donors (Lipinski definition) is 2. The molecule has 1 aromatic heterocycles. The van der Waals surface area contributed by atoms with Crippen LogP contribution in [0.2, 0.25) is 5.02 Å². The number of fused-ring (bicyclic) bond motifs is 1. The van der Waals surface area contributed by atoms with Gasteiger partial charge in [0, 0.05) is 9.92 Å². The van der Waals surface area contributed by atoms with Crippen LogP contribution in [-0.4, -0.2) is 40.1 Å². The molecule has 1 heterocycles. The summed E-state index contributed by atoms with van der Waals surface area (Å²) in [5.41, 5.74) is 1.12. The number of benzene rings is 2. The molecule has 0 radical (unpaired) electrons. The van der Waals surface area contributed by atoms with Gasteiger partial charge in [0.1, 0.15) is 5.82 Å². The second kappa shape index (κ2) is 9.23. The van der Waals surface area contributed by atoms with Gasteiger partial charge in [-0.1, -0.05) is 30.7 Å². The molecule has 146 valence electrons. The minimum absolute atomic E-state index is 0.116. The highest BCUT2D eigenvalue weighted by atomic mass is 35.5. The highest BCUT2D eigenvalue weighted by Gasteiger charge is 2.13. The van der Waals surface area contributed by atoms with Crippen LogP contribution < -0.4 is 10.9 Å². The zero-order chi connectivity index (χ0) is 20.1. The smallest absolute Gasteiger partial charge is 0.258 e. The molecule has 3 rings (SSSR count). The van der Waals surface area contributed by atoms with E-state index in [0.717, 1.165) is 10.6 Å². The first-order valence-electron chi connectivity index (χ1n) is 8.84. The Morgan fingerprint density at radius 1 is 1.29 bits per heavy atom. The third-order valence-corrected chi connectivity index (χ3v) is 5.32. The van der Waals surface area contributed by atoms with Crippen LogP contribution in [0.1, 0.15) is 12.7 Å². The summed E-state index contributed by atoms with van der Waals surface area (Å²) in [6.45, 7) is 3.14. The number of amides is 1. The molecule has 6 nitrogen and oxygen atoms in total. The maximum Gasteiger partial charge on any atom is 0.258 e. The molecule has 0 atom stereocenters. The molecule has 0 saturated heterocycles. The molecule has 0 bridgehead atoms. The number of halogens is 1. The summed E-state index contributed by atoms with van der Waals surface area (Å²) in [5.74, 6) is 0.383. The van der Waals surface area contributed by atoms with Gasteiger partial charge >= 0.3 is 0 Å². The average molecular weight is 417 g/mol. The predicted octanol–water partition coefficient (Wildman–Crippen LogP) is 3.76. The Balaban J connectivity index is 1.73. The summed E-state index contributed by atoms with van der Waals surface area (Å²) in [7, 11) is 0. The van der Waals surface area contributed by atoms with E-state index in [0.29, 0.717) is 34.8 Å². The van der Waals surface area contributed by atoms with Crippen molar-refractivity contribution in [3.05, 3.63) is 63.7 Å². The molecule has 0 aliphatic heterocycles. The second-order valence-corrected chi connectivity index (χ2v) is 7.51. The van der Waals surface area contributed by atoms with Crippen LogP contribution in [-0.2, 0) is 11.3 Å². The molecule has 8 heteroatoms. The average Bonchev–Trinajstić information content (AvgIpc) is 2.67. The van der Waals surface area contributed by atoms with Gasteiger partial charge < -0.3 is 10.3 Å². The first-order valence-corrected chi connectivity index (χ1v) is 10.4. The number of anilines is 1. The Morgan fingerprint density at radius 3 is 2.82 bits per heavy atom. The number of carbonyl (C=O) groups is 1. The van der Waals surface area contributed by atoms with Crippen LogP contribution in [0.15, 0.2) is 52.2 Å². The molecule has 0 aliphatic carbocycles. The predicted molar refractivity (Wildman–Crippen MR) is 115 cm³/mol.